The Balaban J connectivity index is 3.53. The molecule has 2 N–H and O–H groups in total. The molecule has 1 amide bonds. The number of amides is 1. The molecule has 0 fully saturated rings. The van der Waals surface area contributed by atoms with Crippen molar-refractivity contribution in [2.75, 3.05) is 7.11 Å². The summed E-state index contributed by atoms with van der Waals surface area (Å²) < 4.78 is 4.14. The van der Waals surface area contributed by atoms with Crippen LogP contribution in [0.15, 0.2) is 12.3 Å². The van der Waals surface area contributed by atoms with E-state index in [1.54, 1.807) is 0 Å². The lowest BCUT2D eigenvalue weighted by Crippen LogP contribution is -2.16. The lowest BCUT2D eigenvalue weighted by molar-refractivity contribution is -0.131. The fourth-order valence-electron chi connectivity index (χ4n) is 0.240. The third-order valence-corrected chi connectivity index (χ3v) is 0.612. The van der Waals surface area contributed by atoms with Crippen molar-refractivity contribution >= 4 is 12.1 Å². The molecule has 0 aliphatic heterocycles. The quantitative estimate of drug-likeness (QED) is 0.534. The Bertz CT molecular complexity index is 163. The molecule has 0 aliphatic carbocycles. The summed E-state index contributed by atoms with van der Waals surface area (Å²) in [6.07, 6.45) is 1.07. The van der Waals surface area contributed by atoms with Crippen molar-refractivity contribution in [2.45, 2.75) is 0 Å². The zero-order valence-corrected chi connectivity index (χ0v) is 5.33. The van der Waals surface area contributed by atoms with Crippen LogP contribution in [0.4, 0.5) is 4.79 Å². The van der Waals surface area contributed by atoms with Crippen LogP contribution in [0.3, 0.4) is 0 Å². The summed E-state index contributed by atoms with van der Waals surface area (Å²) in [7, 11) is 1.18. The van der Waals surface area contributed by atoms with Crippen LogP contribution >= 0.6 is 0 Å². The van der Waals surface area contributed by atoms with E-state index in [-0.39, 0.29) is 0 Å². The molecule has 0 aliphatic rings. The van der Waals surface area contributed by atoms with Gasteiger partial charge in [-0.1, -0.05) is 0 Å². The second-order valence-electron chi connectivity index (χ2n) is 1.31. The molecule has 0 aromatic heterocycles. The molecule has 0 atom stereocenters. The Morgan fingerprint density at radius 2 is 2.20 bits per heavy atom. The van der Waals surface area contributed by atoms with Crippen molar-refractivity contribution in [3.8, 4) is 0 Å². The number of rotatable bonds is 2. The molecule has 5 heteroatoms. The van der Waals surface area contributed by atoms with E-state index in [1.807, 2.05) is 5.32 Å². The maximum atomic E-state index is 10.2. The van der Waals surface area contributed by atoms with Gasteiger partial charge in [-0.2, -0.15) is 0 Å². The lowest BCUT2D eigenvalue weighted by atomic mass is 10.6. The van der Waals surface area contributed by atoms with Crippen molar-refractivity contribution in [3.05, 3.63) is 12.3 Å². The topological polar surface area (TPSA) is 75.6 Å². The molecule has 0 aromatic rings. The van der Waals surface area contributed by atoms with Gasteiger partial charge in [0.25, 0.3) is 0 Å². The largest absolute Gasteiger partial charge is 0.478 e. The van der Waals surface area contributed by atoms with Gasteiger partial charge < -0.3 is 9.84 Å². The Morgan fingerprint density at radius 1 is 1.60 bits per heavy atom. The Kier molecular flexibility index (Phi) is 3.70. The summed E-state index contributed by atoms with van der Waals surface area (Å²) >= 11 is 0. The van der Waals surface area contributed by atoms with Crippen molar-refractivity contribution in [1.29, 1.82) is 0 Å². The summed E-state index contributed by atoms with van der Waals surface area (Å²) in [5.74, 6) is -1.13. The summed E-state index contributed by atoms with van der Waals surface area (Å²) in [6, 6.07) is 0. The number of hydrogen-bond donors (Lipinski definition) is 2. The number of hydrogen-bond acceptors (Lipinski definition) is 3. The van der Waals surface area contributed by atoms with Crippen molar-refractivity contribution in [3.63, 3.8) is 0 Å². The number of methoxy groups -OCH3 is 1. The van der Waals surface area contributed by atoms with Crippen LogP contribution in [0.5, 0.6) is 0 Å². The van der Waals surface area contributed by atoms with Crippen LogP contribution in [0.1, 0.15) is 0 Å². The predicted octanol–water partition coefficient (Wildman–Crippen LogP) is -0.0593. The van der Waals surface area contributed by atoms with Crippen LogP contribution in [-0.2, 0) is 9.53 Å². The lowest BCUT2D eigenvalue weighted by Gasteiger charge is -1.93. The molecule has 0 saturated heterocycles. The van der Waals surface area contributed by atoms with Gasteiger partial charge in [-0.3, -0.25) is 5.32 Å². The van der Waals surface area contributed by atoms with Gasteiger partial charge in [0.05, 0.1) is 7.11 Å². The first-order chi connectivity index (χ1) is 4.66. The van der Waals surface area contributed by atoms with Crippen molar-refractivity contribution in [1.82, 2.24) is 5.32 Å². The summed E-state index contributed by atoms with van der Waals surface area (Å²) in [5, 5.41) is 10.1. The highest BCUT2D eigenvalue weighted by Crippen LogP contribution is 1.72. The second kappa shape index (κ2) is 4.37. The third-order valence-electron chi connectivity index (χ3n) is 0.612. The molecule has 10 heavy (non-hydrogen) atoms. The van der Waals surface area contributed by atoms with E-state index in [4.69, 9.17) is 5.11 Å². The van der Waals surface area contributed by atoms with Crippen molar-refractivity contribution in [2.24, 2.45) is 0 Å². The first-order valence-corrected chi connectivity index (χ1v) is 2.40. The molecule has 0 spiro atoms. The van der Waals surface area contributed by atoms with E-state index in [2.05, 4.69) is 4.74 Å². The molecule has 0 saturated carbocycles. The maximum Gasteiger partial charge on any atom is 0.410 e. The minimum Gasteiger partial charge on any atom is -0.478 e. The second-order valence-corrected chi connectivity index (χ2v) is 1.31. The molecule has 56 valence electrons. The monoisotopic (exact) mass is 145 g/mol. The van der Waals surface area contributed by atoms with Gasteiger partial charge in [-0.15, -0.1) is 0 Å². The van der Waals surface area contributed by atoms with Gasteiger partial charge in [0.2, 0.25) is 0 Å². The number of aliphatic carboxylic acids is 1. The molecular weight excluding hydrogens is 138 g/mol. The number of carbonyl (C=O) groups excluding carboxylic acids is 1. The molecule has 0 radical (unpaired) electrons. The van der Waals surface area contributed by atoms with Crippen LogP contribution in [-0.4, -0.2) is 24.3 Å². The number of carbonyl (C=O) groups is 2. The molecule has 0 heterocycles. The third kappa shape index (κ3) is 4.63. The molecule has 0 bridgehead atoms. The first-order valence-electron chi connectivity index (χ1n) is 2.40. The Labute approximate surface area is 57.3 Å². The number of carboxylic acid groups (broad SMARTS) is 1. The molecule has 5 nitrogen and oxygen atoms in total. The minimum absolute atomic E-state index is 0.697. The highest BCUT2D eigenvalue weighted by molar-refractivity contribution is 5.80. The first kappa shape index (κ1) is 8.48. The normalized spacial score (nSPS) is 9.30. The van der Waals surface area contributed by atoms with Gasteiger partial charge in [0.15, 0.2) is 0 Å². The number of carboxylic acids is 1. The summed E-state index contributed by atoms with van der Waals surface area (Å²) in [4.78, 5) is 20.0. The van der Waals surface area contributed by atoms with E-state index in [0.717, 1.165) is 12.3 Å². The fourth-order valence-corrected chi connectivity index (χ4v) is 0.240. The number of alkyl carbamates (subject to hydrolysis) is 1. The Morgan fingerprint density at radius 3 is 2.60 bits per heavy atom. The van der Waals surface area contributed by atoms with Crippen LogP contribution in [0, 0.1) is 0 Å². The van der Waals surface area contributed by atoms with Crippen molar-refractivity contribution < 1.29 is 19.4 Å². The van der Waals surface area contributed by atoms with Gasteiger partial charge in [-0.25, -0.2) is 9.59 Å². The van der Waals surface area contributed by atoms with E-state index >= 15 is 0 Å². The van der Waals surface area contributed by atoms with E-state index in [1.165, 1.54) is 7.11 Å². The average molecular weight is 145 g/mol. The average Bonchev–Trinajstić information content (AvgIpc) is 1.87. The molecule has 0 rings (SSSR count). The standard InChI is InChI=1S/C5H7NO4/c1-10-5(9)6-3-2-4(7)8/h2-3H,1H3,(H,6,9)(H,7,8)/b3-2-. The highest BCUT2D eigenvalue weighted by Gasteiger charge is 1.91. The smallest absolute Gasteiger partial charge is 0.410 e. The SMILES string of the molecule is COC(=O)N/C=C\C(=O)O. The molecule has 0 unspecified atom stereocenters. The maximum absolute atomic E-state index is 10.2. The molecule has 0 aromatic carbocycles. The zero-order valence-electron chi connectivity index (χ0n) is 5.33. The van der Waals surface area contributed by atoms with Gasteiger partial charge in [0.1, 0.15) is 0 Å². The number of ether oxygens (including phenoxy) is 1. The van der Waals surface area contributed by atoms with E-state index in [9.17, 15) is 9.59 Å². The summed E-state index contributed by atoms with van der Waals surface area (Å²) in [5.41, 5.74) is 0. The van der Waals surface area contributed by atoms with Gasteiger partial charge in [-0.05, 0) is 0 Å². The van der Waals surface area contributed by atoms with E-state index < -0.39 is 12.1 Å². The minimum atomic E-state index is -1.13. The van der Waals surface area contributed by atoms with Crippen LogP contribution in [0.2, 0.25) is 0 Å². The summed E-state index contributed by atoms with van der Waals surface area (Å²) in [6.45, 7) is 0. The Hall–Kier alpha value is -1.52. The van der Waals surface area contributed by atoms with Crippen LogP contribution < -0.4 is 5.32 Å². The molecular formula is C5H7NO4. The highest BCUT2D eigenvalue weighted by atomic mass is 16.5. The predicted molar refractivity (Wildman–Crippen MR) is 32.3 cm³/mol. The fraction of sp³-hybridized carbons (Fsp3) is 0.200. The number of nitrogens with one attached hydrogen (secondary N) is 1. The van der Waals surface area contributed by atoms with Crippen LogP contribution in [0.25, 0.3) is 0 Å². The zero-order chi connectivity index (χ0) is 7.98. The van der Waals surface area contributed by atoms with Gasteiger partial charge in [0, 0.05) is 12.3 Å². The van der Waals surface area contributed by atoms with E-state index in [0.29, 0.717) is 0 Å². The van der Waals surface area contributed by atoms with Gasteiger partial charge >= 0.3 is 12.1 Å².